The van der Waals surface area contributed by atoms with Crippen molar-refractivity contribution in [3.05, 3.63) is 84.2 Å². The molecular weight excluding hydrogens is 402 g/mol. The van der Waals surface area contributed by atoms with Crippen LogP contribution in [0.4, 0.5) is 5.69 Å². The van der Waals surface area contributed by atoms with Crippen LogP contribution in [-0.4, -0.2) is 49.1 Å². The molecule has 32 heavy (non-hydrogen) atoms. The van der Waals surface area contributed by atoms with Crippen molar-refractivity contribution in [1.29, 1.82) is 0 Å². The van der Waals surface area contributed by atoms with Crippen LogP contribution in [0.15, 0.2) is 73.1 Å². The Hall–Kier alpha value is -3.38. The average Bonchev–Trinajstić information content (AvgIpc) is 2.86. The van der Waals surface area contributed by atoms with E-state index in [0.717, 1.165) is 49.7 Å². The number of methoxy groups -OCH3 is 2. The van der Waals surface area contributed by atoms with E-state index in [-0.39, 0.29) is 11.9 Å². The highest BCUT2D eigenvalue weighted by atomic mass is 16.5. The number of ether oxygens (including phenoxy) is 2. The van der Waals surface area contributed by atoms with Gasteiger partial charge in [-0.3, -0.25) is 14.7 Å². The summed E-state index contributed by atoms with van der Waals surface area (Å²) in [5.74, 6) is 1.52. The number of anilines is 1. The molecule has 0 spiro atoms. The molecule has 166 valence electrons. The van der Waals surface area contributed by atoms with Crippen LogP contribution < -0.4 is 14.4 Å². The molecule has 1 saturated heterocycles. The Balaban J connectivity index is 1.53. The second-order valence-electron chi connectivity index (χ2n) is 7.97. The van der Waals surface area contributed by atoms with E-state index in [1.54, 1.807) is 20.4 Å². The van der Waals surface area contributed by atoms with E-state index >= 15 is 0 Å². The number of likely N-dealkylation sites (tertiary alicyclic amines) is 1. The number of carbonyl (C=O) groups excluding carboxylic acids is 1. The van der Waals surface area contributed by atoms with Crippen molar-refractivity contribution in [1.82, 2.24) is 9.88 Å². The van der Waals surface area contributed by atoms with Crippen LogP contribution in [0.25, 0.3) is 0 Å². The maximum absolute atomic E-state index is 13.6. The zero-order chi connectivity index (χ0) is 22.3. The largest absolute Gasteiger partial charge is 0.497 e. The van der Waals surface area contributed by atoms with Gasteiger partial charge in [-0.1, -0.05) is 6.07 Å². The van der Waals surface area contributed by atoms with Gasteiger partial charge in [0.05, 0.1) is 14.2 Å². The van der Waals surface area contributed by atoms with E-state index < -0.39 is 0 Å². The number of carbonyl (C=O) groups is 1. The van der Waals surface area contributed by atoms with Crippen molar-refractivity contribution in [3.8, 4) is 11.5 Å². The first-order valence-corrected chi connectivity index (χ1v) is 10.9. The number of aromatic nitrogens is 1. The summed E-state index contributed by atoms with van der Waals surface area (Å²) in [6.45, 7) is 2.75. The Bertz CT molecular complexity index is 999. The third kappa shape index (κ3) is 5.08. The van der Waals surface area contributed by atoms with Crippen molar-refractivity contribution in [3.63, 3.8) is 0 Å². The molecule has 1 aliphatic heterocycles. The molecule has 6 heteroatoms. The second kappa shape index (κ2) is 10.3. The first kappa shape index (κ1) is 21.8. The van der Waals surface area contributed by atoms with Gasteiger partial charge >= 0.3 is 0 Å². The SMILES string of the molecule is COc1ccc(C(=O)N(c2ccc(OC)cc2)C2CCN(Cc3cccnc3)CC2)cc1. The van der Waals surface area contributed by atoms with Gasteiger partial charge in [0.1, 0.15) is 11.5 Å². The minimum atomic E-state index is 0.00327. The normalized spacial score (nSPS) is 14.7. The molecule has 0 N–H and O–H groups in total. The summed E-state index contributed by atoms with van der Waals surface area (Å²) >= 11 is 0. The smallest absolute Gasteiger partial charge is 0.258 e. The molecule has 0 unspecified atom stereocenters. The Morgan fingerprint density at radius 2 is 1.59 bits per heavy atom. The van der Waals surface area contributed by atoms with Crippen molar-refractivity contribution in [2.24, 2.45) is 0 Å². The zero-order valence-electron chi connectivity index (χ0n) is 18.6. The average molecular weight is 432 g/mol. The lowest BCUT2D eigenvalue weighted by Crippen LogP contribution is -2.47. The predicted molar refractivity (Wildman–Crippen MR) is 125 cm³/mol. The van der Waals surface area contributed by atoms with Crippen molar-refractivity contribution >= 4 is 11.6 Å². The molecule has 1 fully saturated rings. The monoisotopic (exact) mass is 431 g/mol. The molecule has 1 aromatic heterocycles. The van der Waals surface area contributed by atoms with Crippen LogP contribution in [0.1, 0.15) is 28.8 Å². The molecule has 0 radical (unpaired) electrons. The van der Waals surface area contributed by atoms with Crippen LogP contribution in [-0.2, 0) is 6.54 Å². The molecule has 0 saturated carbocycles. The quantitative estimate of drug-likeness (QED) is 0.555. The molecule has 1 amide bonds. The Morgan fingerprint density at radius 1 is 0.969 bits per heavy atom. The molecule has 0 aliphatic carbocycles. The number of nitrogens with zero attached hydrogens (tertiary/aromatic N) is 3. The molecule has 3 aromatic rings. The lowest BCUT2D eigenvalue weighted by Gasteiger charge is -2.38. The number of pyridine rings is 1. The predicted octanol–water partition coefficient (Wildman–Crippen LogP) is 4.41. The van der Waals surface area contributed by atoms with E-state index in [4.69, 9.17) is 9.47 Å². The lowest BCUT2D eigenvalue weighted by atomic mass is 10.00. The summed E-state index contributed by atoms with van der Waals surface area (Å²) in [6.07, 6.45) is 5.54. The molecule has 0 atom stereocenters. The van der Waals surface area contributed by atoms with Gasteiger partial charge in [0.2, 0.25) is 0 Å². The van der Waals surface area contributed by atoms with Gasteiger partial charge in [-0.15, -0.1) is 0 Å². The standard InChI is InChI=1S/C26H29N3O3/c1-31-24-9-5-21(6-10-24)26(30)29(22-7-11-25(32-2)12-8-22)23-13-16-28(17-14-23)19-20-4-3-15-27-18-20/h3-12,15,18,23H,13-14,16-17,19H2,1-2H3. The molecule has 2 heterocycles. The van der Waals surface area contributed by atoms with Crippen LogP contribution >= 0.6 is 0 Å². The van der Waals surface area contributed by atoms with Gasteiger partial charge in [-0.05, 0) is 73.0 Å². The molecule has 2 aromatic carbocycles. The highest BCUT2D eigenvalue weighted by molar-refractivity contribution is 6.06. The Morgan fingerprint density at radius 3 is 2.16 bits per heavy atom. The van der Waals surface area contributed by atoms with Gasteiger partial charge < -0.3 is 14.4 Å². The number of hydrogen-bond donors (Lipinski definition) is 0. The number of amides is 1. The van der Waals surface area contributed by atoms with Gasteiger partial charge in [0, 0.05) is 49.3 Å². The third-order valence-electron chi connectivity index (χ3n) is 5.96. The highest BCUT2D eigenvalue weighted by Crippen LogP contribution is 2.28. The fraction of sp³-hybridized carbons (Fsp3) is 0.308. The summed E-state index contributed by atoms with van der Waals surface area (Å²) in [5.41, 5.74) is 2.75. The van der Waals surface area contributed by atoms with Crippen LogP contribution in [0.2, 0.25) is 0 Å². The van der Waals surface area contributed by atoms with E-state index in [9.17, 15) is 4.79 Å². The number of piperidine rings is 1. The molecular formula is C26H29N3O3. The Labute approximate surface area is 189 Å². The number of rotatable bonds is 7. The minimum absolute atomic E-state index is 0.00327. The first-order valence-electron chi connectivity index (χ1n) is 10.9. The van der Waals surface area contributed by atoms with Crippen LogP contribution in [0.3, 0.4) is 0 Å². The van der Waals surface area contributed by atoms with Gasteiger partial charge in [-0.2, -0.15) is 0 Å². The molecule has 6 nitrogen and oxygen atoms in total. The van der Waals surface area contributed by atoms with Gasteiger partial charge in [-0.25, -0.2) is 0 Å². The third-order valence-corrected chi connectivity index (χ3v) is 5.96. The fourth-order valence-corrected chi connectivity index (χ4v) is 4.19. The Kier molecular flexibility index (Phi) is 7.02. The van der Waals surface area contributed by atoms with Crippen molar-refractivity contribution in [2.45, 2.75) is 25.4 Å². The van der Waals surface area contributed by atoms with E-state index in [2.05, 4.69) is 16.0 Å². The number of hydrogen-bond acceptors (Lipinski definition) is 5. The summed E-state index contributed by atoms with van der Waals surface area (Å²) in [4.78, 5) is 22.2. The van der Waals surface area contributed by atoms with Gasteiger partial charge in [0.25, 0.3) is 5.91 Å². The lowest BCUT2D eigenvalue weighted by molar-refractivity contribution is 0.0958. The van der Waals surface area contributed by atoms with Crippen molar-refractivity contribution < 1.29 is 14.3 Å². The fourth-order valence-electron chi connectivity index (χ4n) is 4.19. The van der Waals surface area contributed by atoms with Crippen LogP contribution in [0.5, 0.6) is 11.5 Å². The van der Waals surface area contributed by atoms with E-state index in [1.165, 1.54) is 5.56 Å². The molecule has 4 rings (SSSR count). The van der Waals surface area contributed by atoms with Gasteiger partial charge in [0.15, 0.2) is 0 Å². The zero-order valence-corrected chi connectivity index (χ0v) is 18.6. The van der Waals surface area contributed by atoms with E-state index in [1.807, 2.05) is 65.7 Å². The summed E-state index contributed by atoms with van der Waals surface area (Å²) in [6, 6.07) is 19.3. The minimum Gasteiger partial charge on any atom is -0.497 e. The molecule has 1 aliphatic rings. The van der Waals surface area contributed by atoms with E-state index in [0.29, 0.717) is 5.56 Å². The van der Waals surface area contributed by atoms with Crippen LogP contribution in [0, 0.1) is 0 Å². The maximum Gasteiger partial charge on any atom is 0.258 e. The van der Waals surface area contributed by atoms with Crippen molar-refractivity contribution in [2.75, 3.05) is 32.2 Å². The summed E-state index contributed by atoms with van der Waals surface area (Å²) in [7, 11) is 3.27. The topological polar surface area (TPSA) is 54.9 Å². The second-order valence-corrected chi connectivity index (χ2v) is 7.97. The molecule has 0 bridgehead atoms. The summed E-state index contributed by atoms with van der Waals surface area (Å²) in [5, 5.41) is 0. The maximum atomic E-state index is 13.6. The first-order chi connectivity index (χ1) is 15.7. The highest BCUT2D eigenvalue weighted by Gasteiger charge is 2.30. The summed E-state index contributed by atoms with van der Waals surface area (Å²) < 4.78 is 10.6. The number of benzene rings is 2.